The van der Waals surface area contributed by atoms with E-state index in [-0.39, 0.29) is 5.69 Å². The Hall–Kier alpha value is -3.58. The highest BCUT2D eigenvalue weighted by Gasteiger charge is 2.02. The zero-order chi connectivity index (χ0) is 19.8. The van der Waals surface area contributed by atoms with Gasteiger partial charge in [0, 0.05) is 17.2 Å². The third kappa shape index (κ3) is 5.21. The van der Waals surface area contributed by atoms with E-state index in [1.807, 2.05) is 72.8 Å². The van der Waals surface area contributed by atoms with Gasteiger partial charge in [-0.3, -0.25) is 4.98 Å². The Kier molecular flexibility index (Phi) is 6.43. The van der Waals surface area contributed by atoms with Gasteiger partial charge in [0.25, 0.3) is 0 Å². The van der Waals surface area contributed by atoms with E-state index in [0.717, 1.165) is 22.5 Å². The first-order valence-corrected chi connectivity index (χ1v) is 8.65. The molecule has 2 heterocycles. The lowest BCUT2D eigenvalue weighted by molar-refractivity contribution is -0.991. The Morgan fingerprint density at radius 2 is 1.18 bits per heavy atom. The van der Waals surface area contributed by atoms with Gasteiger partial charge in [0.05, 0.1) is 29.5 Å². The SMILES string of the molecule is Nc1ccc(-c2ccccc2)nc1.[O-][NH+](O)c1ccc(-c2ccccc2)nc1. The summed E-state index contributed by atoms with van der Waals surface area (Å²) < 4.78 is 0. The summed E-state index contributed by atoms with van der Waals surface area (Å²) in [5.74, 6) is 0. The monoisotopic (exact) mass is 372 g/mol. The summed E-state index contributed by atoms with van der Waals surface area (Å²) in [6, 6.07) is 26.7. The fourth-order valence-corrected chi connectivity index (χ4v) is 2.49. The van der Waals surface area contributed by atoms with E-state index in [4.69, 9.17) is 10.9 Å². The fourth-order valence-electron chi connectivity index (χ4n) is 2.49. The van der Waals surface area contributed by atoms with E-state index in [9.17, 15) is 5.21 Å². The average molecular weight is 372 g/mol. The predicted octanol–water partition coefficient (Wildman–Crippen LogP) is 3.48. The number of anilines is 1. The molecular formula is C22H20N4O2. The minimum Gasteiger partial charge on any atom is -0.595 e. The third-order valence-electron chi connectivity index (χ3n) is 3.94. The largest absolute Gasteiger partial charge is 0.595 e. The summed E-state index contributed by atoms with van der Waals surface area (Å²) in [5.41, 5.74) is 10.3. The van der Waals surface area contributed by atoms with Crippen LogP contribution in [0.4, 0.5) is 11.4 Å². The van der Waals surface area contributed by atoms with Crippen molar-refractivity contribution < 1.29 is 10.4 Å². The Labute approximate surface area is 163 Å². The fraction of sp³-hybridized carbons (Fsp3) is 0. The number of nitrogen functional groups attached to an aromatic ring is 1. The summed E-state index contributed by atoms with van der Waals surface area (Å²) in [6.45, 7) is 0. The lowest BCUT2D eigenvalue weighted by Gasteiger charge is -2.10. The maximum Gasteiger partial charge on any atom is 0.182 e. The van der Waals surface area contributed by atoms with Crippen molar-refractivity contribution >= 4 is 11.4 Å². The molecule has 0 aliphatic heterocycles. The molecule has 6 heteroatoms. The Balaban J connectivity index is 0.000000162. The second-order valence-corrected chi connectivity index (χ2v) is 5.95. The molecule has 1 atom stereocenters. The van der Waals surface area contributed by atoms with E-state index in [1.54, 1.807) is 18.3 Å². The number of hydrogen-bond acceptors (Lipinski definition) is 5. The van der Waals surface area contributed by atoms with Gasteiger partial charge in [0.1, 0.15) is 0 Å². The molecule has 1 unspecified atom stereocenters. The van der Waals surface area contributed by atoms with Crippen molar-refractivity contribution in [2.45, 2.75) is 0 Å². The molecule has 0 radical (unpaired) electrons. The van der Waals surface area contributed by atoms with Gasteiger partial charge in [-0.1, -0.05) is 60.7 Å². The lowest BCUT2D eigenvalue weighted by Crippen LogP contribution is -2.99. The molecule has 0 saturated carbocycles. The van der Waals surface area contributed by atoms with Crippen molar-refractivity contribution in [3.63, 3.8) is 0 Å². The second-order valence-electron chi connectivity index (χ2n) is 5.95. The smallest absolute Gasteiger partial charge is 0.182 e. The van der Waals surface area contributed by atoms with Crippen LogP contribution in [0.5, 0.6) is 0 Å². The number of benzene rings is 2. The topological polar surface area (TPSA) is 99.5 Å². The van der Waals surface area contributed by atoms with Gasteiger partial charge >= 0.3 is 0 Å². The molecule has 4 rings (SSSR count). The van der Waals surface area contributed by atoms with Crippen molar-refractivity contribution in [3.8, 4) is 22.5 Å². The summed E-state index contributed by atoms with van der Waals surface area (Å²) in [4.78, 5) is 8.31. The minimum atomic E-state index is -0.956. The maximum absolute atomic E-state index is 10.6. The maximum atomic E-state index is 10.6. The van der Waals surface area contributed by atoms with Crippen LogP contribution in [0.3, 0.4) is 0 Å². The van der Waals surface area contributed by atoms with Crippen molar-refractivity contribution in [2.75, 3.05) is 5.73 Å². The zero-order valence-electron chi connectivity index (χ0n) is 15.1. The van der Waals surface area contributed by atoms with Crippen molar-refractivity contribution in [3.05, 3.63) is 103 Å². The first-order chi connectivity index (χ1) is 13.6. The van der Waals surface area contributed by atoms with Crippen LogP contribution in [-0.2, 0) is 0 Å². The Morgan fingerprint density at radius 1 is 0.679 bits per heavy atom. The third-order valence-corrected chi connectivity index (χ3v) is 3.94. The van der Waals surface area contributed by atoms with Crippen LogP contribution in [0.1, 0.15) is 0 Å². The highest BCUT2D eigenvalue weighted by Crippen LogP contribution is 2.17. The number of pyridine rings is 2. The predicted molar refractivity (Wildman–Crippen MR) is 110 cm³/mol. The van der Waals surface area contributed by atoms with Crippen molar-refractivity contribution in [2.24, 2.45) is 0 Å². The first kappa shape index (κ1) is 19.2. The number of quaternary nitrogens is 1. The van der Waals surface area contributed by atoms with Gasteiger partial charge in [-0.05, 0) is 18.2 Å². The molecule has 0 fully saturated rings. The van der Waals surface area contributed by atoms with Crippen LogP contribution in [0.15, 0.2) is 97.3 Å². The molecule has 4 N–H and O–H groups in total. The van der Waals surface area contributed by atoms with Crippen LogP contribution >= 0.6 is 0 Å². The average Bonchev–Trinajstić information content (AvgIpc) is 2.76. The number of aromatic nitrogens is 2. The number of hydrogen-bond donors (Lipinski definition) is 3. The van der Waals surface area contributed by atoms with Gasteiger partial charge < -0.3 is 10.9 Å². The van der Waals surface area contributed by atoms with Crippen molar-refractivity contribution in [1.29, 1.82) is 0 Å². The molecule has 4 aromatic rings. The van der Waals surface area contributed by atoms with Crippen LogP contribution in [-0.4, -0.2) is 15.2 Å². The number of nitrogens with zero attached hydrogens (tertiary/aromatic N) is 2. The molecular weight excluding hydrogens is 352 g/mol. The molecule has 0 saturated heterocycles. The molecule has 0 aliphatic carbocycles. The second kappa shape index (κ2) is 9.38. The normalized spacial score (nSPS) is 11.2. The van der Waals surface area contributed by atoms with Crippen LogP contribution in [0.2, 0.25) is 0 Å². The Bertz CT molecular complexity index is 974. The van der Waals surface area contributed by atoms with Gasteiger partial charge in [0.2, 0.25) is 0 Å². The summed E-state index contributed by atoms with van der Waals surface area (Å²) in [6.07, 6.45) is 3.03. The molecule has 2 aromatic heterocycles. The summed E-state index contributed by atoms with van der Waals surface area (Å²) in [5, 5.41) is 18.4. The minimum absolute atomic E-state index is 0.203. The highest BCUT2D eigenvalue weighted by molar-refractivity contribution is 5.60. The van der Waals surface area contributed by atoms with E-state index in [1.165, 1.54) is 6.20 Å². The van der Waals surface area contributed by atoms with Crippen molar-refractivity contribution in [1.82, 2.24) is 9.97 Å². The van der Waals surface area contributed by atoms with Crippen LogP contribution in [0.25, 0.3) is 22.5 Å². The van der Waals surface area contributed by atoms with Gasteiger partial charge in [-0.25, -0.2) is 10.2 Å². The van der Waals surface area contributed by atoms with Gasteiger partial charge in [0.15, 0.2) is 5.69 Å². The Morgan fingerprint density at radius 3 is 1.57 bits per heavy atom. The summed E-state index contributed by atoms with van der Waals surface area (Å²) in [7, 11) is 0. The van der Waals surface area contributed by atoms with E-state index < -0.39 is 5.23 Å². The molecule has 0 bridgehead atoms. The van der Waals surface area contributed by atoms with E-state index in [2.05, 4.69) is 9.97 Å². The molecule has 0 aliphatic rings. The lowest BCUT2D eigenvalue weighted by atomic mass is 10.1. The van der Waals surface area contributed by atoms with Crippen LogP contribution < -0.4 is 11.0 Å². The number of rotatable bonds is 3. The number of nitrogens with two attached hydrogens (primary N) is 1. The summed E-state index contributed by atoms with van der Waals surface area (Å²) >= 11 is 0. The molecule has 0 amide bonds. The molecule has 28 heavy (non-hydrogen) atoms. The van der Waals surface area contributed by atoms with Gasteiger partial charge in [-0.2, -0.15) is 5.23 Å². The highest BCUT2D eigenvalue weighted by atomic mass is 16.8. The molecule has 140 valence electrons. The van der Waals surface area contributed by atoms with Gasteiger partial charge in [-0.15, -0.1) is 0 Å². The standard InChI is InChI=1S/C11H10N2O2.C11H10N2/c14-13(15)10-6-7-11(12-8-10)9-4-2-1-3-5-9;12-10-6-7-11(13-8-10)9-4-2-1-3-5-9/h1-8,13-14H;1-8H,12H2. The van der Waals surface area contributed by atoms with E-state index >= 15 is 0 Å². The quantitative estimate of drug-likeness (QED) is 0.478. The zero-order valence-corrected chi connectivity index (χ0v) is 15.1. The molecule has 2 aromatic carbocycles. The number of nitrogens with one attached hydrogen (secondary N) is 1. The van der Waals surface area contributed by atoms with Crippen LogP contribution in [0, 0.1) is 5.21 Å². The first-order valence-electron chi connectivity index (χ1n) is 8.65. The molecule has 0 spiro atoms. The molecule has 6 nitrogen and oxygen atoms in total. The van der Waals surface area contributed by atoms with E-state index in [0.29, 0.717) is 5.69 Å².